The monoisotopic (exact) mass is 297 g/mol. The predicted molar refractivity (Wildman–Crippen MR) is 90.3 cm³/mol. The third-order valence-electron chi connectivity index (χ3n) is 3.54. The fourth-order valence-corrected chi connectivity index (χ4v) is 2.16. The van der Waals surface area contributed by atoms with Crippen molar-refractivity contribution in [2.24, 2.45) is 0 Å². The van der Waals surface area contributed by atoms with Crippen molar-refractivity contribution in [2.45, 2.75) is 33.2 Å². The van der Waals surface area contributed by atoms with Crippen molar-refractivity contribution in [3.8, 4) is 0 Å². The molecule has 0 aliphatic carbocycles. The minimum atomic E-state index is -0.279. The Morgan fingerprint density at radius 3 is 2.23 bits per heavy atom. The SMILES string of the molecule is CCOC(=O)c1ccc(NCc2ccc(C(C)C)cc2)cc1. The zero-order chi connectivity index (χ0) is 15.9. The molecule has 2 aromatic rings. The molecule has 0 radical (unpaired) electrons. The Morgan fingerprint density at radius 1 is 1.05 bits per heavy atom. The van der Waals surface area contributed by atoms with Crippen LogP contribution in [0.3, 0.4) is 0 Å². The maximum atomic E-state index is 11.6. The number of anilines is 1. The van der Waals surface area contributed by atoms with Crippen LogP contribution >= 0.6 is 0 Å². The molecule has 2 rings (SSSR count). The fraction of sp³-hybridized carbons (Fsp3) is 0.316. The van der Waals surface area contributed by atoms with Crippen molar-refractivity contribution in [1.29, 1.82) is 0 Å². The van der Waals surface area contributed by atoms with Gasteiger partial charge in [-0.3, -0.25) is 0 Å². The van der Waals surface area contributed by atoms with E-state index in [2.05, 4.69) is 43.4 Å². The van der Waals surface area contributed by atoms with Crippen molar-refractivity contribution in [3.63, 3.8) is 0 Å². The van der Waals surface area contributed by atoms with Crippen LogP contribution in [0.2, 0.25) is 0 Å². The molecule has 116 valence electrons. The first-order valence-electron chi connectivity index (χ1n) is 7.70. The van der Waals surface area contributed by atoms with Crippen molar-refractivity contribution in [1.82, 2.24) is 0 Å². The Bertz CT molecular complexity index is 600. The summed E-state index contributed by atoms with van der Waals surface area (Å²) in [6.07, 6.45) is 0. The minimum Gasteiger partial charge on any atom is -0.462 e. The minimum absolute atomic E-state index is 0.279. The molecule has 0 saturated carbocycles. The lowest BCUT2D eigenvalue weighted by Crippen LogP contribution is -2.05. The number of carbonyl (C=O) groups is 1. The Morgan fingerprint density at radius 2 is 1.68 bits per heavy atom. The van der Waals surface area contributed by atoms with E-state index in [1.54, 1.807) is 19.1 Å². The smallest absolute Gasteiger partial charge is 0.338 e. The van der Waals surface area contributed by atoms with E-state index in [1.165, 1.54) is 11.1 Å². The van der Waals surface area contributed by atoms with E-state index in [0.717, 1.165) is 12.2 Å². The Balaban J connectivity index is 1.92. The Hall–Kier alpha value is -2.29. The van der Waals surface area contributed by atoms with Gasteiger partial charge in [0.2, 0.25) is 0 Å². The molecule has 0 aliphatic rings. The highest BCUT2D eigenvalue weighted by molar-refractivity contribution is 5.89. The van der Waals surface area contributed by atoms with Crippen molar-refractivity contribution < 1.29 is 9.53 Å². The summed E-state index contributed by atoms with van der Waals surface area (Å²) in [5.74, 6) is 0.274. The van der Waals surface area contributed by atoms with Crippen LogP contribution in [0.25, 0.3) is 0 Å². The zero-order valence-corrected chi connectivity index (χ0v) is 13.4. The Labute approximate surface area is 132 Å². The van der Waals surface area contributed by atoms with E-state index in [1.807, 2.05) is 12.1 Å². The summed E-state index contributed by atoms with van der Waals surface area (Å²) in [7, 11) is 0. The van der Waals surface area contributed by atoms with Gasteiger partial charge in [0.1, 0.15) is 0 Å². The van der Waals surface area contributed by atoms with Gasteiger partial charge in [0.05, 0.1) is 12.2 Å². The molecule has 0 saturated heterocycles. The van der Waals surface area contributed by atoms with E-state index in [4.69, 9.17) is 4.74 Å². The average Bonchev–Trinajstić information content (AvgIpc) is 2.54. The van der Waals surface area contributed by atoms with Gasteiger partial charge in [0.15, 0.2) is 0 Å². The van der Waals surface area contributed by atoms with Crippen LogP contribution in [-0.2, 0) is 11.3 Å². The van der Waals surface area contributed by atoms with Crippen molar-refractivity contribution >= 4 is 11.7 Å². The standard InChI is InChI=1S/C19H23NO2/c1-4-22-19(21)17-9-11-18(12-10-17)20-13-15-5-7-16(8-6-15)14(2)3/h5-12,14,20H,4,13H2,1-3H3. The van der Waals surface area contributed by atoms with Crippen LogP contribution in [0.15, 0.2) is 48.5 Å². The number of hydrogen-bond acceptors (Lipinski definition) is 3. The predicted octanol–water partition coefficient (Wildman–Crippen LogP) is 4.60. The summed E-state index contributed by atoms with van der Waals surface area (Å²) in [5.41, 5.74) is 4.15. The van der Waals surface area contributed by atoms with Crippen LogP contribution in [0.1, 0.15) is 48.2 Å². The lowest BCUT2D eigenvalue weighted by atomic mass is 10.0. The molecule has 0 aromatic heterocycles. The first-order chi connectivity index (χ1) is 10.6. The van der Waals surface area contributed by atoms with Crippen LogP contribution < -0.4 is 5.32 Å². The molecule has 2 aromatic carbocycles. The molecule has 0 unspecified atom stereocenters. The van der Waals surface area contributed by atoms with Gasteiger partial charge in [0, 0.05) is 12.2 Å². The summed E-state index contributed by atoms with van der Waals surface area (Å²) < 4.78 is 4.97. The number of esters is 1. The molecule has 1 N–H and O–H groups in total. The number of carbonyl (C=O) groups excluding carboxylic acids is 1. The van der Waals surface area contributed by atoms with Gasteiger partial charge >= 0.3 is 5.97 Å². The maximum Gasteiger partial charge on any atom is 0.338 e. The third-order valence-corrected chi connectivity index (χ3v) is 3.54. The molecular formula is C19H23NO2. The van der Waals surface area contributed by atoms with E-state index >= 15 is 0 Å². The number of hydrogen-bond donors (Lipinski definition) is 1. The molecule has 3 nitrogen and oxygen atoms in total. The first kappa shape index (κ1) is 16.1. The molecular weight excluding hydrogens is 274 g/mol. The van der Waals surface area contributed by atoms with Crippen LogP contribution in [0.5, 0.6) is 0 Å². The third kappa shape index (κ3) is 4.35. The largest absolute Gasteiger partial charge is 0.462 e. The van der Waals surface area contributed by atoms with Crippen LogP contribution in [0, 0.1) is 0 Å². The molecule has 0 aliphatic heterocycles. The second-order valence-corrected chi connectivity index (χ2v) is 5.55. The van der Waals surface area contributed by atoms with Crippen LogP contribution in [0.4, 0.5) is 5.69 Å². The van der Waals surface area contributed by atoms with Gasteiger partial charge < -0.3 is 10.1 Å². The zero-order valence-electron chi connectivity index (χ0n) is 13.4. The van der Waals surface area contributed by atoms with Gasteiger partial charge in [0.25, 0.3) is 0 Å². The average molecular weight is 297 g/mol. The number of benzene rings is 2. The quantitative estimate of drug-likeness (QED) is 0.792. The van der Waals surface area contributed by atoms with Gasteiger partial charge in [-0.15, -0.1) is 0 Å². The second kappa shape index (κ2) is 7.64. The van der Waals surface area contributed by atoms with Crippen LogP contribution in [-0.4, -0.2) is 12.6 Å². The number of rotatable bonds is 6. The molecule has 3 heteroatoms. The van der Waals surface area contributed by atoms with Crippen molar-refractivity contribution in [3.05, 3.63) is 65.2 Å². The molecule has 0 fully saturated rings. The highest BCUT2D eigenvalue weighted by atomic mass is 16.5. The van der Waals surface area contributed by atoms with Gasteiger partial charge in [-0.1, -0.05) is 38.1 Å². The van der Waals surface area contributed by atoms with E-state index < -0.39 is 0 Å². The lowest BCUT2D eigenvalue weighted by Gasteiger charge is -2.09. The normalized spacial score (nSPS) is 10.5. The maximum absolute atomic E-state index is 11.6. The Kier molecular flexibility index (Phi) is 5.59. The molecule has 22 heavy (non-hydrogen) atoms. The summed E-state index contributed by atoms with van der Waals surface area (Å²) in [4.78, 5) is 11.6. The van der Waals surface area contributed by atoms with Crippen molar-refractivity contribution in [2.75, 3.05) is 11.9 Å². The summed E-state index contributed by atoms with van der Waals surface area (Å²) in [6.45, 7) is 7.34. The van der Waals surface area contributed by atoms with E-state index in [0.29, 0.717) is 18.1 Å². The molecule has 0 spiro atoms. The summed E-state index contributed by atoms with van der Waals surface area (Å²) in [6, 6.07) is 16.0. The molecule has 0 bridgehead atoms. The van der Waals surface area contributed by atoms with Gasteiger partial charge in [-0.2, -0.15) is 0 Å². The number of nitrogens with one attached hydrogen (secondary N) is 1. The highest BCUT2D eigenvalue weighted by Gasteiger charge is 2.05. The summed E-state index contributed by atoms with van der Waals surface area (Å²) >= 11 is 0. The highest BCUT2D eigenvalue weighted by Crippen LogP contribution is 2.16. The van der Waals surface area contributed by atoms with Gasteiger partial charge in [-0.25, -0.2) is 4.79 Å². The van der Waals surface area contributed by atoms with E-state index in [-0.39, 0.29) is 5.97 Å². The number of ether oxygens (including phenoxy) is 1. The first-order valence-corrected chi connectivity index (χ1v) is 7.70. The summed E-state index contributed by atoms with van der Waals surface area (Å²) in [5, 5.41) is 3.36. The van der Waals surface area contributed by atoms with E-state index in [9.17, 15) is 4.79 Å². The lowest BCUT2D eigenvalue weighted by molar-refractivity contribution is 0.0526. The second-order valence-electron chi connectivity index (χ2n) is 5.55. The van der Waals surface area contributed by atoms with Gasteiger partial charge in [-0.05, 0) is 48.2 Å². The topological polar surface area (TPSA) is 38.3 Å². The molecule has 0 heterocycles. The molecule has 0 amide bonds. The fourth-order valence-electron chi connectivity index (χ4n) is 2.16. The molecule has 0 atom stereocenters.